The van der Waals surface area contributed by atoms with E-state index in [1.807, 2.05) is 32.6 Å². The minimum atomic E-state index is -0.778. The Kier molecular flexibility index (Phi) is 4.74. The van der Waals surface area contributed by atoms with Gasteiger partial charge in [-0.3, -0.25) is 0 Å². The molecule has 0 fully saturated rings. The van der Waals surface area contributed by atoms with Crippen molar-refractivity contribution in [2.75, 3.05) is 23.7 Å². The average Bonchev–Trinajstić information content (AvgIpc) is 2.28. The maximum absolute atomic E-state index is 10.0. The molecule has 19 heavy (non-hydrogen) atoms. The van der Waals surface area contributed by atoms with E-state index < -0.39 is 5.60 Å². The van der Waals surface area contributed by atoms with Crippen LogP contribution in [0.4, 0.5) is 11.6 Å². The molecule has 3 N–H and O–H groups in total. The number of anilines is 2. The van der Waals surface area contributed by atoms with E-state index in [0.717, 1.165) is 23.8 Å². The molecule has 108 valence electrons. The normalized spacial score (nSPS) is 12.0. The fraction of sp³-hybridized carbons (Fsp3) is 0.714. The van der Waals surface area contributed by atoms with Gasteiger partial charge in [-0.05, 0) is 27.7 Å². The van der Waals surface area contributed by atoms with E-state index in [4.69, 9.17) is 5.73 Å². The van der Waals surface area contributed by atoms with Crippen LogP contribution < -0.4 is 10.6 Å². The zero-order valence-corrected chi connectivity index (χ0v) is 12.9. The average molecular weight is 266 g/mol. The molecule has 0 saturated heterocycles. The van der Waals surface area contributed by atoms with Crippen LogP contribution in [0.2, 0.25) is 0 Å². The van der Waals surface area contributed by atoms with Gasteiger partial charge in [0.1, 0.15) is 17.5 Å². The van der Waals surface area contributed by atoms with Crippen molar-refractivity contribution in [3.05, 3.63) is 11.4 Å². The molecule has 0 aliphatic carbocycles. The zero-order valence-electron chi connectivity index (χ0n) is 12.9. The fourth-order valence-corrected chi connectivity index (χ4v) is 1.91. The van der Waals surface area contributed by atoms with Crippen LogP contribution in [-0.4, -0.2) is 33.8 Å². The van der Waals surface area contributed by atoms with Gasteiger partial charge in [-0.15, -0.1) is 0 Å². The summed E-state index contributed by atoms with van der Waals surface area (Å²) in [6, 6.07) is 0. The quantitative estimate of drug-likeness (QED) is 0.853. The molecule has 0 aliphatic heterocycles. The molecular formula is C14H26N4O. The number of aromatic nitrogens is 2. The highest BCUT2D eigenvalue weighted by molar-refractivity contribution is 5.56. The van der Waals surface area contributed by atoms with E-state index in [1.54, 1.807) is 13.8 Å². The summed E-state index contributed by atoms with van der Waals surface area (Å²) in [4.78, 5) is 11.0. The number of rotatable bonds is 5. The number of nitrogens with zero attached hydrogens (tertiary/aromatic N) is 3. The lowest BCUT2D eigenvalue weighted by molar-refractivity contribution is 0.0874. The second kappa shape index (κ2) is 5.74. The lowest BCUT2D eigenvalue weighted by Crippen LogP contribution is -2.39. The van der Waals surface area contributed by atoms with Crippen LogP contribution in [0.25, 0.3) is 0 Å². The standard InChI is InChI=1S/C14H26N4O/c1-7-18(8-14(5,6)19)13-10(4)11(15)16-12(17-13)9(2)3/h9,19H,7-8H2,1-6H3,(H2,15,16,17). The van der Waals surface area contributed by atoms with Gasteiger partial charge in [-0.25, -0.2) is 9.97 Å². The van der Waals surface area contributed by atoms with Gasteiger partial charge in [0, 0.05) is 24.6 Å². The van der Waals surface area contributed by atoms with E-state index in [0.29, 0.717) is 12.4 Å². The summed E-state index contributed by atoms with van der Waals surface area (Å²) < 4.78 is 0. The van der Waals surface area contributed by atoms with Crippen LogP contribution in [-0.2, 0) is 0 Å². The highest BCUT2D eigenvalue weighted by atomic mass is 16.3. The zero-order chi connectivity index (χ0) is 14.8. The third kappa shape index (κ3) is 4.06. The van der Waals surface area contributed by atoms with E-state index in [-0.39, 0.29) is 5.92 Å². The summed E-state index contributed by atoms with van der Waals surface area (Å²) in [6.45, 7) is 12.9. The second-order valence-electron chi connectivity index (χ2n) is 5.90. The summed E-state index contributed by atoms with van der Waals surface area (Å²) in [6.07, 6.45) is 0. The van der Waals surface area contributed by atoms with Gasteiger partial charge in [0.2, 0.25) is 0 Å². The Labute approximate surface area is 115 Å². The lowest BCUT2D eigenvalue weighted by atomic mass is 10.1. The number of hydrogen-bond donors (Lipinski definition) is 2. The third-order valence-corrected chi connectivity index (χ3v) is 2.95. The van der Waals surface area contributed by atoms with E-state index >= 15 is 0 Å². The third-order valence-electron chi connectivity index (χ3n) is 2.95. The minimum absolute atomic E-state index is 0.225. The molecule has 0 radical (unpaired) electrons. The van der Waals surface area contributed by atoms with Crippen molar-refractivity contribution in [2.24, 2.45) is 0 Å². The van der Waals surface area contributed by atoms with Crippen molar-refractivity contribution in [1.29, 1.82) is 0 Å². The van der Waals surface area contributed by atoms with Crippen molar-refractivity contribution in [3.63, 3.8) is 0 Å². The Morgan fingerprint density at radius 3 is 2.32 bits per heavy atom. The van der Waals surface area contributed by atoms with Crippen molar-refractivity contribution in [1.82, 2.24) is 9.97 Å². The first kappa shape index (κ1) is 15.7. The maximum Gasteiger partial charge on any atom is 0.137 e. The molecule has 5 nitrogen and oxygen atoms in total. The predicted molar refractivity (Wildman–Crippen MR) is 79.5 cm³/mol. The summed E-state index contributed by atoms with van der Waals surface area (Å²) in [5, 5.41) is 10.0. The first-order chi connectivity index (χ1) is 8.65. The van der Waals surface area contributed by atoms with Crippen molar-refractivity contribution in [3.8, 4) is 0 Å². The number of likely N-dealkylation sites (N-methyl/N-ethyl adjacent to an activating group) is 1. The van der Waals surface area contributed by atoms with Gasteiger partial charge in [0.15, 0.2) is 0 Å². The topological polar surface area (TPSA) is 75.3 Å². The van der Waals surface area contributed by atoms with Gasteiger partial charge in [-0.1, -0.05) is 13.8 Å². The monoisotopic (exact) mass is 266 g/mol. The highest BCUT2D eigenvalue weighted by Crippen LogP contribution is 2.25. The highest BCUT2D eigenvalue weighted by Gasteiger charge is 2.21. The molecule has 0 saturated carbocycles. The molecule has 1 aromatic rings. The first-order valence-corrected chi connectivity index (χ1v) is 6.77. The summed E-state index contributed by atoms with van der Waals surface area (Å²) in [5.41, 5.74) is 6.07. The van der Waals surface area contributed by atoms with Crippen molar-refractivity contribution < 1.29 is 5.11 Å². The minimum Gasteiger partial charge on any atom is -0.389 e. The molecule has 0 amide bonds. The van der Waals surface area contributed by atoms with E-state index in [2.05, 4.69) is 9.97 Å². The summed E-state index contributed by atoms with van der Waals surface area (Å²) >= 11 is 0. The first-order valence-electron chi connectivity index (χ1n) is 6.77. The summed E-state index contributed by atoms with van der Waals surface area (Å²) in [5.74, 6) is 2.30. The van der Waals surface area contributed by atoms with Gasteiger partial charge in [-0.2, -0.15) is 0 Å². The van der Waals surface area contributed by atoms with Crippen LogP contribution in [0.3, 0.4) is 0 Å². The van der Waals surface area contributed by atoms with Crippen LogP contribution in [0.15, 0.2) is 0 Å². The van der Waals surface area contributed by atoms with Crippen molar-refractivity contribution in [2.45, 2.75) is 53.1 Å². The smallest absolute Gasteiger partial charge is 0.137 e. The van der Waals surface area contributed by atoms with E-state index in [1.165, 1.54) is 0 Å². The Morgan fingerprint density at radius 2 is 1.89 bits per heavy atom. The molecule has 0 atom stereocenters. The largest absolute Gasteiger partial charge is 0.389 e. The van der Waals surface area contributed by atoms with Gasteiger partial charge < -0.3 is 15.7 Å². The lowest BCUT2D eigenvalue weighted by Gasteiger charge is -2.30. The summed E-state index contributed by atoms with van der Waals surface area (Å²) in [7, 11) is 0. The van der Waals surface area contributed by atoms with Crippen LogP contribution in [0.1, 0.15) is 51.9 Å². The number of hydrogen-bond acceptors (Lipinski definition) is 5. The Morgan fingerprint density at radius 1 is 1.32 bits per heavy atom. The predicted octanol–water partition coefficient (Wildman–Crippen LogP) is 2.09. The van der Waals surface area contributed by atoms with Crippen LogP contribution >= 0.6 is 0 Å². The van der Waals surface area contributed by atoms with Gasteiger partial charge in [0.05, 0.1) is 5.60 Å². The molecule has 0 spiro atoms. The molecule has 0 aliphatic rings. The number of nitrogens with two attached hydrogens (primary N) is 1. The fourth-order valence-electron chi connectivity index (χ4n) is 1.91. The molecule has 5 heteroatoms. The molecule has 0 unspecified atom stereocenters. The molecule has 1 aromatic heterocycles. The van der Waals surface area contributed by atoms with Gasteiger partial charge in [0.25, 0.3) is 0 Å². The van der Waals surface area contributed by atoms with Crippen LogP contribution in [0.5, 0.6) is 0 Å². The SMILES string of the molecule is CCN(CC(C)(C)O)c1nc(C(C)C)nc(N)c1C. The maximum atomic E-state index is 10.0. The second-order valence-corrected chi connectivity index (χ2v) is 5.90. The molecule has 1 heterocycles. The molecular weight excluding hydrogens is 240 g/mol. The van der Waals surface area contributed by atoms with Crippen molar-refractivity contribution >= 4 is 11.6 Å². The number of nitrogen functional groups attached to an aromatic ring is 1. The van der Waals surface area contributed by atoms with E-state index in [9.17, 15) is 5.11 Å². The molecule has 1 rings (SSSR count). The number of aliphatic hydroxyl groups is 1. The molecule has 0 aromatic carbocycles. The Bertz CT molecular complexity index is 438. The Hall–Kier alpha value is -1.36. The Balaban J connectivity index is 3.22. The van der Waals surface area contributed by atoms with Crippen LogP contribution in [0, 0.1) is 6.92 Å². The molecule has 0 bridgehead atoms. The van der Waals surface area contributed by atoms with Gasteiger partial charge >= 0.3 is 0 Å².